The Morgan fingerprint density at radius 3 is 2.00 bits per heavy atom. The number of benzene rings is 1. The molecule has 1 N–H and O–H groups in total. The Labute approximate surface area is 120 Å². The summed E-state index contributed by atoms with van der Waals surface area (Å²) in [5.41, 5.74) is 0.328. The highest BCUT2D eigenvalue weighted by Crippen LogP contribution is 2.40. The number of halogens is 3. The molecule has 0 spiro atoms. The average Bonchev–Trinajstić information content (AvgIpc) is 2.45. The van der Waals surface area contributed by atoms with Gasteiger partial charge in [0.25, 0.3) is 0 Å². The van der Waals surface area contributed by atoms with Crippen molar-refractivity contribution in [1.82, 2.24) is 0 Å². The molecule has 0 aromatic heterocycles. The zero-order chi connectivity index (χ0) is 16.0. The lowest BCUT2D eigenvalue weighted by Gasteiger charge is -2.17. The molecule has 0 saturated carbocycles. The number of nitriles is 1. The normalized spacial score (nSPS) is 12.2. The van der Waals surface area contributed by atoms with Crippen LogP contribution < -0.4 is 19.5 Å². The molecule has 0 heterocycles. The molecule has 8 heteroatoms. The minimum Gasteiger partial charge on any atom is -0.493 e. The van der Waals surface area contributed by atoms with Gasteiger partial charge in [0.2, 0.25) is 5.75 Å². The van der Waals surface area contributed by atoms with E-state index in [4.69, 9.17) is 19.5 Å². The third-order valence-corrected chi connectivity index (χ3v) is 2.73. The molecule has 0 fully saturated rings. The maximum absolute atomic E-state index is 12.5. The molecule has 1 atom stereocenters. The minimum absolute atomic E-state index is 0.305. The van der Waals surface area contributed by atoms with E-state index in [1.54, 1.807) is 0 Å². The first-order chi connectivity index (χ1) is 9.87. The largest absolute Gasteiger partial charge is 0.493 e. The van der Waals surface area contributed by atoms with Gasteiger partial charge in [-0.05, 0) is 0 Å². The molecule has 5 nitrogen and oxygen atoms in total. The van der Waals surface area contributed by atoms with Crippen LogP contribution in [0.25, 0.3) is 0 Å². The van der Waals surface area contributed by atoms with Gasteiger partial charge in [0.05, 0.1) is 27.4 Å². The van der Waals surface area contributed by atoms with Crippen LogP contribution in [0.4, 0.5) is 18.9 Å². The van der Waals surface area contributed by atoms with Gasteiger partial charge in [0, 0.05) is 24.4 Å². The van der Waals surface area contributed by atoms with Crippen LogP contribution in [0.5, 0.6) is 17.2 Å². The molecule has 1 aromatic rings. The topological polar surface area (TPSA) is 63.5 Å². The molecule has 0 saturated heterocycles. The van der Waals surface area contributed by atoms with Crippen LogP contribution in [-0.2, 0) is 0 Å². The first-order valence-electron chi connectivity index (χ1n) is 5.87. The maximum Gasteiger partial charge on any atom is 0.406 e. The number of methoxy groups -OCH3 is 3. The zero-order valence-electron chi connectivity index (χ0n) is 11.7. The van der Waals surface area contributed by atoms with Crippen molar-refractivity contribution < 1.29 is 27.4 Å². The van der Waals surface area contributed by atoms with Gasteiger partial charge in [-0.15, -0.1) is 0 Å². The van der Waals surface area contributed by atoms with E-state index < -0.39 is 18.6 Å². The third-order valence-electron chi connectivity index (χ3n) is 2.73. The summed E-state index contributed by atoms with van der Waals surface area (Å²) in [5, 5.41) is 11.1. The Balaban J connectivity index is 2.97. The molecule has 1 aromatic carbocycles. The van der Waals surface area contributed by atoms with Crippen LogP contribution in [0.2, 0.25) is 0 Å². The van der Waals surface area contributed by atoms with Gasteiger partial charge in [-0.3, -0.25) is 0 Å². The van der Waals surface area contributed by atoms with Crippen LogP contribution in [0.3, 0.4) is 0 Å². The van der Waals surface area contributed by atoms with Crippen molar-refractivity contribution in [2.45, 2.75) is 6.18 Å². The van der Waals surface area contributed by atoms with Crippen molar-refractivity contribution in [1.29, 1.82) is 5.26 Å². The molecule has 0 amide bonds. The Hall–Kier alpha value is -2.30. The highest BCUT2D eigenvalue weighted by Gasteiger charge is 2.39. The van der Waals surface area contributed by atoms with E-state index in [1.807, 2.05) is 0 Å². The predicted molar refractivity (Wildman–Crippen MR) is 69.7 cm³/mol. The fourth-order valence-electron chi connectivity index (χ4n) is 1.64. The Morgan fingerprint density at radius 2 is 1.67 bits per heavy atom. The van der Waals surface area contributed by atoms with E-state index in [1.165, 1.54) is 39.5 Å². The second-order valence-electron chi connectivity index (χ2n) is 4.02. The van der Waals surface area contributed by atoms with Crippen molar-refractivity contribution in [3.63, 3.8) is 0 Å². The molecule has 0 aliphatic carbocycles. The molecular weight excluding hydrogens is 289 g/mol. The lowest BCUT2D eigenvalue weighted by atomic mass is 10.1. The number of hydrogen-bond acceptors (Lipinski definition) is 5. The summed E-state index contributed by atoms with van der Waals surface area (Å²) in [6.07, 6.45) is -4.58. The molecule has 0 aliphatic rings. The van der Waals surface area contributed by atoms with Crippen molar-refractivity contribution in [3.05, 3.63) is 12.1 Å². The van der Waals surface area contributed by atoms with E-state index in [9.17, 15) is 13.2 Å². The van der Waals surface area contributed by atoms with E-state index in [0.29, 0.717) is 22.9 Å². The molecular formula is C13H15F3N2O3. The van der Waals surface area contributed by atoms with Gasteiger partial charge in [-0.1, -0.05) is 0 Å². The third kappa shape index (κ3) is 4.08. The van der Waals surface area contributed by atoms with E-state index >= 15 is 0 Å². The second kappa shape index (κ2) is 6.92. The first kappa shape index (κ1) is 16.8. The number of nitrogens with one attached hydrogen (secondary N) is 1. The van der Waals surface area contributed by atoms with Crippen molar-refractivity contribution in [2.75, 3.05) is 33.2 Å². The lowest BCUT2D eigenvalue weighted by Crippen LogP contribution is -2.28. The highest BCUT2D eigenvalue weighted by molar-refractivity contribution is 5.62. The summed E-state index contributed by atoms with van der Waals surface area (Å²) in [5.74, 6) is -1.16. The minimum atomic E-state index is -4.58. The first-order valence-corrected chi connectivity index (χ1v) is 5.87. The van der Waals surface area contributed by atoms with Crippen LogP contribution in [0, 0.1) is 17.2 Å². The SMILES string of the molecule is COc1cc(NCC(C#N)C(F)(F)F)cc(OC)c1OC. The molecule has 0 radical (unpaired) electrons. The summed E-state index contributed by atoms with van der Waals surface area (Å²) >= 11 is 0. The summed E-state index contributed by atoms with van der Waals surface area (Å²) < 4.78 is 52.8. The van der Waals surface area contributed by atoms with Gasteiger partial charge in [0.1, 0.15) is 0 Å². The monoisotopic (exact) mass is 304 g/mol. The number of ether oxygens (including phenoxy) is 3. The number of anilines is 1. The van der Waals surface area contributed by atoms with Gasteiger partial charge in [-0.25, -0.2) is 0 Å². The molecule has 0 aliphatic heterocycles. The highest BCUT2D eigenvalue weighted by atomic mass is 19.4. The fourth-order valence-corrected chi connectivity index (χ4v) is 1.64. The molecule has 116 valence electrons. The summed E-state index contributed by atoms with van der Waals surface area (Å²) in [7, 11) is 4.21. The van der Waals surface area contributed by atoms with Crippen molar-refractivity contribution in [2.24, 2.45) is 5.92 Å². The number of nitrogens with zero attached hydrogens (tertiary/aromatic N) is 1. The standard InChI is InChI=1S/C13H15F3N2O3/c1-19-10-4-9(5-11(20-2)12(10)21-3)18-7-8(6-17)13(14,15)16/h4-5,8,18H,7H2,1-3H3. The number of hydrogen-bond donors (Lipinski definition) is 1. The molecule has 1 rings (SSSR count). The maximum atomic E-state index is 12.5. The lowest BCUT2D eigenvalue weighted by molar-refractivity contribution is -0.155. The smallest absolute Gasteiger partial charge is 0.406 e. The molecule has 0 bridgehead atoms. The van der Waals surface area contributed by atoms with E-state index in [0.717, 1.165) is 0 Å². The number of rotatable bonds is 6. The fraction of sp³-hybridized carbons (Fsp3) is 0.462. The van der Waals surface area contributed by atoms with Crippen molar-refractivity contribution >= 4 is 5.69 Å². The summed E-state index contributed by atoms with van der Waals surface area (Å²) in [4.78, 5) is 0. The number of alkyl halides is 3. The van der Waals surface area contributed by atoms with E-state index in [-0.39, 0.29) is 0 Å². The Bertz CT molecular complexity index is 501. The van der Waals surface area contributed by atoms with Crippen LogP contribution >= 0.6 is 0 Å². The quantitative estimate of drug-likeness (QED) is 0.875. The Kier molecular flexibility index (Phi) is 5.52. The van der Waals surface area contributed by atoms with Crippen LogP contribution in [0.15, 0.2) is 12.1 Å². The second-order valence-corrected chi connectivity index (χ2v) is 4.02. The van der Waals surface area contributed by atoms with E-state index in [2.05, 4.69) is 5.32 Å². The summed E-state index contributed by atoms with van der Waals surface area (Å²) in [6, 6.07) is 4.15. The zero-order valence-corrected chi connectivity index (χ0v) is 11.7. The Morgan fingerprint density at radius 1 is 1.14 bits per heavy atom. The molecule has 1 unspecified atom stereocenters. The van der Waals surface area contributed by atoms with Gasteiger partial charge >= 0.3 is 6.18 Å². The average molecular weight is 304 g/mol. The van der Waals surface area contributed by atoms with Gasteiger partial charge in [0.15, 0.2) is 17.4 Å². The summed E-state index contributed by atoms with van der Waals surface area (Å²) in [6.45, 7) is -0.571. The van der Waals surface area contributed by atoms with Crippen LogP contribution in [-0.4, -0.2) is 34.1 Å². The van der Waals surface area contributed by atoms with Crippen molar-refractivity contribution in [3.8, 4) is 23.3 Å². The molecule has 21 heavy (non-hydrogen) atoms. The van der Waals surface area contributed by atoms with Gasteiger partial charge < -0.3 is 19.5 Å². The predicted octanol–water partition coefficient (Wildman–Crippen LogP) is 2.83. The van der Waals surface area contributed by atoms with Crippen LogP contribution in [0.1, 0.15) is 0 Å². The van der Waals surface area contributed by atoms with Gasteiger partial charge in [-0.2, -0.15) is 18.4 Å².